The molecule has 1 N–H and O–H groups in total. The molecule has 168 valence electrons. The zero-order valence-electron chi connectivity index (χ0n) is 18.4. The molecule has 0 saturated heterocycles. The molecule has 0 amide bonds. The van der Waals surface area contributed by atoms with Crippen molar-refractivity contribution in [3.8, 4) is 0 Å². The van der Waals surface area contributed by atoms with Crippen molar-refractivity contribution in [2.24, 2.45) is 5.92 Å². The minimum atomic E-state index is -1.92. The second-order valence-corrected chi connectivity index (χ2v) is 9.46. The maximum Gasteiger partial charge on any atom is 0.343 e. The number of aliphatic hydroxyl groups is 1. The number of hydrogen-bond donors (Lipinski definition) is 1. The molecule has 0 radical (unpaired) electrons. The van der Waals surface area contributed by atoms with Gasteiger partial charge in [-0.2, -0.15) is 4.39 Å². The molecule has 6 heteroatoms. The summed E-state index contributed by atoms with van der Waals surface area (Å²) in [5, 5.41) is 11.5. The van der Waals surface area contributed by atoms with Crippen LogP contribution in [0.1, 0.15) is 69.6 Å². The molecule has 3 rings (SSSR count). The number of esters is 1. The largest absolute Gasteiger partial charge is 0.460 e. The third kappa shape index (κ3) is 4.70. The van der Waals surface area contributed by atoms with Crippen LogP contribution in [0.5, 0.6) is 0 Å². The quantitative estimate of drug-likeness (QED) is 0.302. The summed E-state index contributed by atoms with van der Waals surface area (Å²) < 4.78 is 20.3. The number of nitrogens with zero attached hydrogens (tertiary/aromatic N) is 1. The SMILES string of the molecule is CC[C@@](O)(C(=O)O[C@@H]1CCCC[C@H]1C(C)(C)c1ccccc1)c1ccnc(F)c1CBr. The lowest BCUT2D eigenvalue weighted by Gasteiger charge is -2.43. The van der Waals surface area contributed by atoms with E-state index >= 15 is 0 Å². The van der Waals surface area contributed by atoms with E-state index in [0.29, 0.717) is 0 Å². The van der Waals surface area contributed by atoms with Crippen LogP contribution in [-0.2, 0) is 25.9 Å². The number of carbonyl (C=O) groups is 1. The summed E-state index contributed by atoms with van der Waals surface area (Å²) in [7, 11) is 0. The summed E-state index contributed by atoms with van der Waals surface area (Å²) in [5.74, 6) is -1.29. The van der Waals surface area contributed by atoms with Crippen molar-refractivity contribution in [2.75, 3.05) is 0 Å². The number of aromatic nitrogens is 1. The molecule has 2 aromatic rings. The summed E-state index contributed by atoms with van der Waals surface area (Å²) in [4.78, 5) is 17.0. The van der Waals surface area contributed by atoms with Gasteiger partial charge in [-0.1, -0.05) is 73.5 Å². The smallest absolute Gasteiger partial charge is 0.343 e. The van der Waals surface area contributed by atoms with Gasteiger partial charge in [0.05, 0.1) is 0 Å². The summed E-state index contributed by atoms with van der Waals surface area (Å²) in [5.41, 5.74) is -0.536. The fourth-order valence-corrected chi connectivity index (χ4v) is 5.34. The third-order valence-corrected chi connectivity index (χ3v) is 7.40. The first-order chi connectivity index (χ1) is 14.8. The Labute approximate surface area is 192 Å². The van der Waals surface area contributed by atoms with Crippen molar-refractivity contribution >= 4 is 21.9 Å². The summed E-state index contributed by atoms with van der Waals surface area (Å²) in [6.45, 7) is 6.07. The third-order valence-electron chi connectivity index (χ3n) is 6.84. The van der Waals surface area contributed by atoms with Crippen LogP contribution in [0.25, 0.3) is 0 Å². The van der Waals surface area contributed by atoms with Gasteiger partial charge < -0.3 is 9.84 Å². The lowest BCUT2D eigenvalue weighted by molar-refractivity contribution is -0.179. The van der Waals surface area contributed by atoms with Crippen molar-refractivity contribution in [3.05, 3.63) is 65.2 Å². The normalized spacial score (nSPS) is 21.4. The first kappa shape index (κ1) is 23.9. The highest BCUT2D eigenvalue weighted by atomic mass is 79.9. The monoisotopic (exact) mass is 491 g/mol. The topological polar surface area (TPSA) is 59.4 Å². The van der Waals surface area contributed by atoms with Crippen LogP contribution in [0.2, 0.25) is 0 Å². The van der Waals surface area contributed by atoms with E-state index in [1.54, 1.807) is 6.92 Å². The fraction of sp³-hybridized carbons (Fsp3) is 0.520. The Kier molecular flexibility index (Phi) is 7.53. The van der Waals surface area contributed by atoms with E-state index in [9.17, 15) is 14.3 Å². The molecule has 0 aliphatic heterocycles. The van der Waals surface area contributed by atoms with E-state index in [0.717, 1.165) is 25.7 Å². The summed E-state index contributed by atoms with van der Waals surface area (Å²) >= 11 is 3.25. The fourth-order valence-electron chi connectivity index (χ4n) is 4.81. The average Bonchev–Trinajstić information content (AvgIpc) is 2.79. The lowest BCUT2D eigenvalue weighted by Crippen LogP contribution is -2.46. The first-order valence-electron chi connectivity index (χ1n) is 10.9. The molecule has 0 bridgehead atoms. The molecule has 0 spiro atoms. The number of hydrogen-bond acceptors (Lipinski definition) is 4. The van der Waals surface area contributed by atoms with Gasteiger partial charge in [-0.3, -0.25) is 0 Å². The van der Waals surface area contributed by atoms with Gasteiger partial charge in [0.1, 0.15) is 6.10 Å². The van der Waals surface area contributed by atoms with Crippen LogP contribution in [0.15, 0.2) is 42.6 Å². The van der Waals surface area contributed by atoms with Gasteiger partial charge in [-0.25, -0.2) is 9.78 Å². The highest BCUT2D eigenvalue weighted by Gasteiger charge is 2.45. The Morgan fingerprint density at radius 3 is 2.55 bits per heavy atom. The van der Waals surface area contributed by atoms with Crippen LogP contribution in [0, 0.1) is 11.9 Å². The number of ether oxygens (including phenoxy) is 1. The van der Waals surface area contributed by atoms with Gasteiger partial charge >= 0.3 is 5.97 Å². The van der Waals surface area contributed by atoms with E-state index in [2.05, 4.69) is 46.9 Å². The minimum absolute atomic E-state index is 0.0781. The maximum absolute atomic E-state index is 14.2. The van der Waals surface area contributed by atoms with Crippen molar-refractivity contribution in [2.45, 2.75) is 75.3 Å². The number of alkyl halides is 1. The molecular formula is C25H31BrFNO3. The summed E-state index contributed by atoms with van der Waals surface area (Å²) in [6.07, 6.45) is 4.79. The van der Waals surface area contributed by atoms with Gasteiger partial charge in [0.15, 0.2) is 5.60 Å². The molecule has 1 aliphatic carbocycles. The molecule has 4 nitrogen and oxygen atoms in total. The van der Waals surface area contributed by atoms with E-state index < -0.39 is 17.5 Å². The van der Waals surface area contributed by atoms with E-state index in [-0.39, 0.29) is 40.3 Å². The lowest BCUT2D eigenvalue weighted by atomic mass is 9.66. The number of carbonyl (C=O) groups excluding carboxylic acids is 1. The predicted octanol–water partition coefficient (Wildman–Crippen LogP) is 5.79. The van der Waals surface area contributed by atoms with Crippen molar-refractivity contribution in [3.63, 3.8) is 0 Å². The summed E-state index contributed by atoms with van der Waals surface area (Å²) in [6, 6.07) is 11.8. The zero-order chi connectivity index (χ0) is 22.6. The van der Waals surface area contributed by atoms with Crippen LogP contribution in [0.4, 0.5) is 4.39 Å². The van der Waals surface area contributed by atoms with Crippen LogP contribution in [-0.4, -0.2) is 22.2 Å². The number of benzene rings is 1. The van der Waals surface area contributed by atoms with E-state index in [4.69, 9.17) is 4.74 Å². The number of rotatable bonds is 7. The van der Waals surface area contributed by atoms with Crippen LogP contribution >= 0.6 is 15.9 Å². The van der Waals surface area contributed by atoms with Crippen molar-refractivity contribution < 1.29 is 19.0 Å². The molecule has 0 unspecified atom stereocenters. The predicted molar refractivity (Wildman–Crippen MR) is 122 cm³/mol. The molecule has 1 fully saturated rings. The Morgan fingerprint density at radius 2 is 1.90 bits per heavy atom. The molecule has 1 heterocycles. The highest BCUT2D eigenvalue weighted by molar-refractivity contribution is 9.08. The number of pyridine rings is 1. The molecule has 1 aromatic carbocycles. The van der Waals surface area contributed by atoms with E-state index in [1.165, 1.54) is 17.8 Å². The first-order valence-corrected chi connectivity index (χ1v) is 12.1. The van der Waals surface area contributed by atoms with Crippen LogP contribution < -0.4 is 0 Å². The van der Waals surface area contributed by atoms with Gasteiger partial charge in [-0.05, 0) is 42.7 Å². The maximum atomic E-state index is 14.2. The second-order valence-electron chi connectivity index (χ2n) is 8.90. The van der Waals surface area contributed by atoms with Crippen molar-refractivity contribution in [1.29, 1.82) is 0 Å². The Bertz CT molecular complexity index is 905. The average molecular weight is 492 g/mol. The van der Waals surface area contributed by atoms with E-state index in [1.807, 2.05) is 18.2 Å². The van der Waals surface area contributed by atoms with Crippen LogP contribution in [0.3, 0.4) is 0 Å². The molecule has 3 atom stereocenters. The Balaban J connectivity index is 1.90. The number of halogens is 2. The second kappa shape index (κ2) is 9.78. The molecule has 1 saturated carbocycles. The molecule has 1 aliphatic rings. The van der Waals surface area contributed by atoms with Gasteiger partial charge in [0.25, 0.3) is 0 Å². The Hall–Kier alpha value is -1.79. The Morgan fingerprint density at radius 1 is 1.23 bits per heavy atom. The molecule has 31 heavy (non-hydrogen) atoms. The standard InChI is InChI=1S/C25H31BrFNO3/c1-4-25(30,19-14-15-28-22(27)18(19)16-26)23(29)31-21-13-9-8-12-20(21)24(2,3)17-10-6-5-7-11-17/h5-7,10-11,14-15,20-21,30H,4,8-9,12-13,16H2,1-3H3/t20-,21-,25+/m1/s1. The van der Waals surface area contributed by atoms with Gasteiger partial charge in [-0.15, -0.1) is 0 Å². The minimum Gasteiger partial charge on any atom is -0.460 e. The molecular weight excluding hydrogens is 461 g/mol. The van der Waals surface area contributed by atoms with Gasteiger partial charge in [0.2, 0.25) is 5.95 Å². The van der Waals surface area contributed by atoms with Gasteiger partial charge in [0, 0.05) is 28.6 Å². The zero-order valence-corrected chi connectivity index (χ0v) is 20.0. The molecule has 1 aromatic heterocycles. The van der Waals surface area contributed by atoms with Crippen molar-refractivity contribution in [1.82, 2.24) is 4.98 Å². The highest BCUT2D eigenvalue weighted by Crippen LogP contribution is 2.43.